The largest absolute Gasteiger partial charge is 0.464 e. The lowest BCUT2D eigenvalue weighted by molar-refractivity contribution is -0.140. The number of likely N-dealkylation sites (tertiary alicyclic amines) is 1. The van der Waals surface area contributed by atoms with Gasteiger partial charge in [-0.1, -0.05) is 0 Å². The number of furan rings is 2. The van der Waals surface area contributed by atoms with Crippen LogP contribution in [-0.4, -0.2) is 34.8 Å². The average molecular weight is 504 g/mol. The number of anilines is 1. The Morgan fingerprint density at radius 3 is 2.63 bits per heavy atom. The Labute approximate surface area is 200 Å². The van der Waals surface area contributed by atoms with E-state index in [0.29, 0.717) is 23.6 Å². The van der Waals surface area contributed by atoms with Gasteiger partial charge in [0.2, 0.25) is 0 Å². The number of carbonyl (C=O) groups is 2. The van der Waals surface area contributed by atoms with Gasteiger partial charge >= 0.3 is 6.18 Å². The van der Waals surface area contributed by atoms with Crippen molar-refractivity contribution in [3.63, 3.8) is 0 Å². The molecule has 0 unspecified atom stereocenters. The maximum absolute atomic E-state index is 13.5. The molecule has 1 aliphatic heterocycles. The van der Waals surface area contributed by atoms with Crippen molar-refractivity contribution in [2.24, 2.45) is 5.73 Å². The van der Waals surface area contributed by atoms with E-state index in [1.807, 2.05) is 0 Å². The number of fused-ring (bicyclic) bond motifs is 1. The maximum Gasteiger partial charge on any atom is 0.433 e. The topological polar surface area (TPSA) is 115 Å². The number of nitrogens with zero attached hydrogens (tertiary/aromatic N) is 2. The van der Waals surface area contributed by atoms with E-state index in [-0.39, 0.29) is 37.9 Å². The summed E-state index contributed by atoms with van der Waals surface area (Å²) < 4.78 is 51.6. The predicted molar refractivity (Wildman–Crippen MR) is 122 cm³/mol. The molecular weight excluding hydrogens is 485 g/mol. The van der Waals surface area contributed by atoms with Gasteiger partial charge in [0.15, 0.2) is 5.76 Å². The van der Waals surface area contributed by atoms with Crippen LogP contribution in [0.25, 0.3) is 21.5 Å². The Morgan fingerprint density at radius 2 is 1.97 bits per heavy atom. The van der Waals surface area contributed by atoms with E-state index < -0.39 is 23.7 Å². The molecule has 4 aromatic rings. The van der Waals surface area contributed by atoms with Gasteiger partial charge in [0.05, 0.1) is 18.5 Å². The van der Waals surface area contributed by atoms with Crippen molar-refractivity contribution in [3.8, 4) is 11.3 Å². The van der Waals surface area contributed by atoms with Crippen LogP contribution in [-0.2, 0) is 12.7 Å². The van der Waals surface area contributed by atoms with Gasteiger partial charge in [-0.05, 0) is 56.3 Å². The standard InChI is InChI=1S/C23H19F3N4O4S/c24-23(25,26)16-10-13(14-4-3-9-33-14)17-18(19(20(27)31)35-22(17)28-16)29-21(32)15-6-5-12(34-15)11-30-7-1-2-8-30/h3-6,9-10H,1-2,7-8,11H2,(H2,27,31)(H,29,32). The van der Waals surface area contributed by atoms with E-state index in [0.717, 1.165) is 32.0 Å². The number of nitrogens with two attached hydrogens (primary N) is 1. The number of carbonyl (C=O) groups excluding carboxylic acids is 2. The van der Waals surface area contributed by atoms with Crippen LogP contribution in [0.5, 0.6) is 0 Å². The monoisotopic (exact) mass is 504 g/mol. The first-order chi connectivity index (χ1) is 16.7. The van der Waals surface area contributed by atoms with Crippen LogP contribution in [0, 0.1) is 0 Å². The molecule has 2 amide bonds. The highest BCUT2D eigenvalue weighted by Gasteiger charge is 2.35. The van der Waals surface area contributed by atoms with Gasteiger partial charge in [0.25, 0.3) is 11.8 Å². The highest BCUT2D eigenvalue weighted by molar-refractivity contribution is 7.21. The molecule has 1 aliphatic rings. The number of pyridine rings is 1. The lowest BCUT2D eigenvalue weighted by atomic mass is 10.1. The minimum absolute atomic E-state index is 0.00612. The second-order valence-electron chi connectivity index (χ2n) is 8.08. The molecule has 35 heavy (non-hydrogen) atoms. The molecule has 182 valence electrons. The molecular formula is C23H19F3N4O4S. The SMILES string of the molecule is NC(=O)c1sc2nc(C(F)(F)F)cc(-c3ccco3)c2c1NC(=O)c1ccc(CN2CCCC2)o1. The molecule has 5 rings (SSSR count). The summed E-state index contributed by atoms with van der Waals surface area (Å²) in [6, 6.07) is 7.00. The van der Waals surface area contributed by atoms with Crippen LogP contribution in [0.4, 0.5) is 18.9 Å². The number of rotatable bonds is 6. The zero-order valence-electron chi connectivity index (χ0n) is 18.1. The number of aromatic nitrogens is 1. The molecule has 8 nitrogen and oxygen atoms in total. The number of halogens is 3. The number of alkyl halides is 3. The highest BCUT2D eigenvalue weighted by Crippen LogP contribution is 2.43. The summed E-state index contributed by atoms with van der Waals surface area (Å²) in [6.45, 7) is 2.47. The second-order valence-corrected chi connectivity index (χ2v) is 9.08. The van der Waals surface area contributed by atoms with Crippen molar-refractivity contribution in [1.82, 2.24) is 9.88 Å². The van der Waals surface area contributed by atoms with E-state index in [9.17, 15) is 22.8 Å². The van der Waals surface area contributed by atoms with Crippen molar-refractivity contribution < 1.29 is 31.6 Å². The molecule has 0 bridgehead atoms. The van der Waals surface area contributed by atoms with Gasteiger partial charge in [-0.2, -0.15) is 13.2 Å². The summed E-state index contributed by atoms with van der Waals surface area (Å²) in [7, 11) is 0. The number of nitrogens with one attached hydrogen (secondary N) is 1. The highest BCUT2D eigenvalue weighted by atomic mass is 32.1. The minimum Gasteiger partial charge on any atom is -0.464 e. The van der Waals surface area contributed by atoms with Crippen LogP contribution in [0.3, 0.4) is 0 Å². The third kappa shape index (κ3) is 4.54. The number of amides is 2. The molecule has 1 fully saturated rings. The predicted octanol–water partition coefficient (Wildman–Crippen LogP) is 5.12. The second kappa shape index (κ2) is 8.86. The summed E-state index contributed by atoms with van der Waals surface area (Å²) in [5, 5.41) is 2.71. The van der Waals surface area contributed by atoms with Gasteiger partial charge < -0.3 is 19.9 Å². The fourth-order valence-corrected chi connectivity index (χ4v) is 5.09. The van der Waals surface area contributed by atoms with E-state index in [4.69, 9.17) is 14.6 Å². The molecule has 0 saturated carbocycles. The van der Waals surface area contributed by atoms with E-state index in [1.54, 1.807) is 6.07 Å². The van der Waals surface area contributed by atoms with Crippen molar-refractivity contribution in [2.45, 2.75) is 25.6 Å². The van der Waals surface area contributed by atoms with Crippen molar-refractivity contribution in [1.29, 1.82) is 0 Å². The Hall–Kier alpha value is -3.64. The van der Waals surface area contributed by atoms with Crippen LogP contribution in [0.2, 0.25) is 0 Å². The number of hydrogen-bond donors (Lipinski definition) is 2. The molecule has 0 aromatic carbocycles. The van der Waals surface area contributed by atoms with Gasteiger partial charge in [-0.25, -0.2) is 4.98 Å². The molecule has 0 atom stereocenters. The molecule has 4 aromatic heterocycles. The third-order valence-electron chi connectivity index (χ3n) is 5.67. The van der Waals surface area contributed by atoms with Crippen molar-refractivity contribution >= 4 is 39.1 Å². The smallest absolute Gasteiger partial charge is 0.433 e. The van der Waals surface area contributed by atoms with Crippen molar-refractivity contribution in [2.75, 3.05) is 18.4 Å². The van der Waals surface area contributed by atoms with Crippen LogP contribution >= 0.6 is 11.3 Å². The van der Waals surface area contributed by atoms with Crippen LogP contribution < -0.4 is 11.1 Å². The minimum atomic E-state index is -4.74. The van der Waals surface area contributed by atoms with Crippen molar-refractivity contribution in [3.05, 3.63) is 58.7 Å². The van der Waals surface area contributed by atoms with E-state index in [1.165, 1.54) is 24.5 Å². The van der Waals surface area contributed by atoms with Gasteiger partial charge in [-0.3, -0.25) is 14.5 Å². The lowest BCUT2D eigenvalue weighted by Crippen LogP contribution is -2.18. The molecule has 3 N–H and O–H groups in total. The first-order valence-corrected chi connectivity index (χ1v) is 11.5. The fraction of sp³-hybridized carbons (Fsp3) is 0.261. The Balaban J connectivity index is 1.56. The Bertz CT molecular complexity index is 1400. The van der Waals surface area contributed by atoms with Gasteiger partial charge in [0, 0.05) is 10.9 Å². The average Bonchev–Trinajstić information content (AvgIpc) is 3.60. The quantitative estimate of drug-likeness (QED) is 0.377. The summed E-state index contributed by atoms with van der Waals surface area (Å²) in [5.41, 5.74) is 4.30. The van der Waals surface area contributed by atoms with Crippen LogP contribution in [0.1, 0.15) is 44.5 Å². The zero-order valence-corrected chi connectivity index (χ0v) is 19.0. The summed E-state index contributed by atoms with van der Waals surface area (Å²) in [4.78, 5) is 30.8. The number of thiophene rings is 1. The van der Waals surface area contributed by atoms with E-state index >= 15 is 0 Å². The molecule has 1 saturated heterocycles. The van der Waals surface area contributed by atoms with Crippen LogP contribution in [0.15, 0.2) is 45.4 Å². The fourth-order valence-electron chi connectivity index (χ4n) is 4.08. The van der Waals surface area contributed by atoms with E-state index in [2.05, 4.69) is 15.2 Å². The normalized spacial score (nSPS) is 14.6. The molecule has 0 spiro atoms. The molecule has 0 aliphatic carbocycles. The molecule has 5 heterocycles. The summed E-state index contributed by atoms with van der Waals surface area (Å²) in [6.07, 6.45) is -1.22. The summed E-state index contributed by atoms with van der Waals surface area (Å²) in [5.74, 6) is -0.886. The van der Waals surface area contributed by atoms with Gasteiger partial charge in [0.1, 0.15) is 26.9 Å². The number of hydrogen-bond acceptors (Lipinski definition) is 7. The first kappa shape index (κ1) is 23.1. The zero-order chi connectivity index (χ0) is 24.7. The summed E-state index contributed by atoms with van der Waals surface area (Å²) >= 11 is 0.658. The van der Waals surface area contributed by atoms with Gasteiger partial charge in [-0.15, -0.1) is 11.3 Å². The Kier molecular flexibility index (Phi) is 5.85. The lowest BCUT2D eigenvalue weighted by Gasteiger charge is -2.12. The number of primary amides is 1. The first-order valence-electron chi connectivity index (χ1n) is 10.7. The third-order valence-corrected chi connectivity index (χ3v) is 6.76. The molecule has 12 heteroatoms. The molecule has 0 radical (unpaired) electrons. The maximum atomic E-state index is 13.5. The Morgan fingerprint density at radius 1 is 1.20 bits per heavy atom.